The molecule has 1 aromatic carbocycles. The number of nitrogen functional groups attached to an aromatic ring is 1. The zero-order valence-corrected chi connectivity index (χ0v) is 10.5. The molecule has 0 amide bonds. The molecular formula is C13H19NO3. The normalized spacial score (nSPS) is 10.4. The summed E-state index contributed by atoms with van der Waals surface area (Å²) in [5.74, 6) is 0.576. The summed E-state index contributed by atoms with van der Waals surface area (Å²) in [6.45, 7) is 6.78. The van der Waals surface area contributed by atoms with Gasteiger partial charge in [-0.25, -0.2) is 4.79 Å². The summed E-state index contributed by atoms with van der Waals surface area (Å²) in [4.78, 5) is 11.5. The van der Waals surface area contributed by atoms with Gasteiger partial charge in [0, 0.05) is 0 Å². The molecule has 0 unspecified atom stereocenters. The number of esters is 1. The third-order valence-electron chi connectivity index (χ3n) is 2.10. The first-order valence-electron chi connectivity index (χ1n) is 5.74. The van der Waals surface area contributed by atoms with Gasteiger partial charge in [0.2, 0.25) is 0 Å². The number of nitrogens with two attached hydrogens (primary N) is 1. The van der Waals surface area contributed by atoms with E-state index in [4.69, 9.17) is 15.2 Å². The van der Waals surface area contributed by atoms with E-state index >= 15 is 0 Å². The number of ether oxygens (including phenoxy) is 2. The van der Waals surface area contributed by atoms with E-state index in [0.717, 1.165) is 0 Å². The average molecular weight is 237 g/mol. The predicted molar refractivity (Wildman–Crippen MR) is 67.1 cm³/mol. The SMILES string of the molecule is CCOC(=O)c1ccc(N)c(OCC(C)C)c1. The first kappa shape index (κ1) is 13.4. The maximum atomic E-state index is 11.5. The van der Waals surface area contributed by atoms with Crippen molar-refractivity contribution < 1.29 is 14.3 Å². The van der Waals surface area contributed by atoms with Gasteiger partial charge in [-0.1, -0.05) is 13.8 Å². The van der Waals surface area contributed by atoms with Crippen molar-refractivity contribution in [3.05, 3.63) is 23.8 Å². The van der Waals surface area contributed by atoms with Crippen molar-refractivity contribution in [3.8, 4) is 5.75 Å². The molecule has 0 spiro atoms. The minimum atomic E-state index is -0.359. The number of rotatable bonds is 5. The summed E-state index contributed by atoms with van der Waals surface area (Å²) in [5, 5.41) is 0. The predicted octanol–water partition coefficient (Wildman–Crippen LogP) is 2.48. The third kappa shape index (κ3) is 3.98. The van der Waals surface area contributed by atoms with Crippen molar-refractivity contribution in [2.75, 3.05) is 18.9 Å². The molecular weight excluding hydrogens is 218 g/mol. The topological polar surface area (TPSA) is 61.5 Å². The number of carbonyl (C=O) groups is 1. The summed E-state index contributed by atoms with van der Waals surface area (Å²) < 4.78 is 10.4. The average Bonchev–Trinajstić information content (AvgIpc) is 2.28. The standard InChI is InChI=1S/C13H19NO3/c1-4-16-13(15)10-5-6-11(14)12(7-10)17-8-9(2)3/h5-7,9H,4,8,14H2,1-3H3. The Morgan fingerprint density at radius 1 is 1.41 bits per heavy atom. The Balaban J connectivity index is 2.82. The summed E-state index contributed by atoms with van der Waals surface area (Å²) in [6, 6.07) is 4.91. The van der Waals surface area contributed by atoms with Gasteiger partial charge in [0.25, 0.3) is 0 Å². The van der Waals surface area contributed by atoms with Crippen LogP contribution in [-0.2, 0) is 4.74 Å². The minimum Gasteiger partial charge on any atom is -0.491 e. The number of benzene rings is 1. The fraction of sp³-hybridized carbons (Fsp3) is 0.462. The first-order chi connectivity index (χ1) is 8.04. The summed E-state index contributed by atoms with van der Waals surface area (Å²) in [6.07, 6.45) is 0. The highest BCUT2D eigenvalue weighted by atomic mass is 16.5. The van der Waals surface area contributed by atoms with Crippen LogP contribution in [0.1, 0.15) is 31.1 Å². The van der Waals surface area contributed by atoms with Crippen LogP contribution in [0.2, 0.25) is 0 Å². The van der Waals surface area contributed by atoms with Gasteiger partial charge in [-0.15, -0.1) is 0 Å². The lowest BCUT2D eigenvalue weighted by atomic mass is 10.2. The third-order valence-corrected chi connectivity index (χ3v) is 2.10. The quantitative estimate of drug-likeness (QED) is 0.631. The maximum absolute atomic E-state index is 11.5. The van der Waals surface area contributed by atoms with Crippen LogP contribution in [0.5, 0.6) is 5.75 Å². The van der Waals surface area contributed by atoms with Crippen LogP contribution in [0.4, 0.5) is 5.69 Å². The molecule has 2 N–H and O–H groups in total. The van der Waals surface area contributed by atoms with Crippen molar-refractivity contribution in [1.82, 2.24) is 0 Å². The van der Waals surface area contributed by atoms with Crippen LogP contribution in [0.25, 0.3) is 0 Å². The highest BCUT2D eigenvalue weighted by Gasteiger charge is 2.10. The second-order valence-corrected chi connectivity index (χ2v) is 4.18. The number of anilines is 1. The minimum absolute atomic E-state index is 0.353. The van der Waals surface area contributed by atoms with Gasteiger partial charge in [0.15, 0.2) is 0 Å². The Morgan fingerprint density at radius 2 is 2.12 bits per heavy atom. The van der Waals surface area contributed by atoms with Gasteiger partial charge < -0.3 is 15.2 Å². The van der Waals surface area contributed by atoms with Crippen LogP contribution in [0.15, 0.2) is 18.2 Å². The van der Waals surface area contributed by atoms with Crippen molar-refractivity contribution in [1.29, 1.82) is 0 Å². The van der Waals surface area contributed by atoms with Gasteiger partial charge in [0.1, 0.15) is 5.75 Å². The molecule has 0 saturated heterocycles. The van der Waals surface area contributed by atoms with Crippen LogP contribution in [0, 0.1) is 5.92 Å². The Bertz CT molecular complexity index is 388. The lowest BCUT2D eigenvalue weighted by Crippen LogP contribution is -2.09. The first-order valence-corrected chi connectivity index (χ1v) is 5.74. The van der Waals surface area contributed by atoms with E-state index in [1.54, 1.807) is 25.1 Å². The van der Waals surface area contributed by atoms with E-state index in [1.807, 2.05) is 13.8 Å². The molecule has 1 rings (SSSR count). The van der Waals surface area contributed by atoms with Crippen molar-refractivity contribution >= 4 is 11.7 Å². The van der Waals surface area contributed by atoms with E-state index in [2.05, 4.69) is 0 Å². The van der Waals surface area contributed by atoms with Gasteiger partial charge in [-0.2, -0.15) is 0 Å². The fourth-order valence-electron chi connectivity index (χ4n) is 1.26. The highest BCUT2D eigenvalue weighted by molar-refractivity contribution is 5.90. The van der Waals surface area contributed by atoms with E-state index in [0.29, 0.717) is 36.1 Å². The molecule has 4 heteroatoms. The molecule has 0 bridgehead atoms. The molecule has 0 heterocycles. The molecule has 0 saturated carbocycles. The van der Waals surface area contributed by atoms with Gasteiger partial charge in [-0.05, 0) is 31.0 Å². The monoisotopic (exact) mass is 237 g/mol. The van der Waals surface area contributed by atoms with Crippen molar-refractivity contribution in [3.63, 3.8) is 0 Å². The Hall–Kier alpha value is -1.71. The van der Waals surface area contributed by atoms with E-state index in [9.17, 15) is 4.79 Å². The van der Waals surface area contributed by atoms with Gasteiger partial charge in [0.05, 0.1) is 24.5 Å². The maximum Gasteiger partial charge on any atom is 0.338 e. The number of hydrogen-bond acceptors (Lipinski definition) is 4. The molecule has 0 radical (unpaired) electrons. The van der Waals surface area contributed by atoms with E-state index in [1.165, 1.54) is 0 Å². The largest absolute Gasteiger partial charge is 0.491 e. The second kappa shape index (κ2) is 6.13. The molecule has 0 aliphatic heterocycles. The summed E-state index contributed by atoms with van der Waals surface area (Å²) >= 11 is 0. The Morgan fingerprint density at radius 3 is 2.71 bits per heavy atom. The lowest BCUT2D eigenvalue weighted by Gasteiger charge is -2.12. The molecule has 0 atom stereocenters. The van der Waals surface area contributed by atoms with Crippen LogP contribution in [-0.4, -0.2) is 19.2 Å². The highest BCUT2D eigenvalue weighted by Crippen LogP contribution is 2.23. The van der Waals surface area contributed by atoms with E-state index < -0.39 is 0 Å². The fourth-order valence-corrected chi connectivity index (χ4v) is 1.26. The summed E-state index contributed by atoms with van der Waals surface area (Å²) in [7, 11) is 0. The summed E-state index contributed by atoms with van der Waals surface area (Å²) in [5.41, 5.74) is 6.76. The Labute approximate surface area is 102 Å². The zero-order valence-electron chi connectivity index (χ0n) is 10.5. The Kier molecular flexibility index (Phi) is 4.82. The lowest BCUT2D eigenvalue weighted by molar-refractivity contribution is 0.0526. The molecule has 0 aliphatic rings. The second-order valence-electron chi connectivity index (χ2n) is 4.18. The molecule has 4 nitrogen and oxygen atoms in total. The molecule has 0 aliphatic carbocycles. The number of carbonyl (C=O) groups excluding carboxylic acids is 1. The molecule has 0 fully saturated rings. The smallest absolute Gasteiger partial charge is 0.338 e. The molecule has 17 heavy (non-hydrogen) atoms. The van der Waals surface area contributed by atoms with Crippen LogP contribution >= 0.6 is 0 Å². The van der Waals surface area contributed by atoms with Gasteiger partial charge >= 0.3 is 5.97 Å². The van der Waals surface area contributed by atoms with Crippen LogP contribution in [0.3, 0.4) is 0 Å². The van der Waals surface area contributed by atoms with Gasteiger partial charge in [-0.3, -0.25) is 0 Å². The van der Waals surface area contributed by atoms with Crippen molar-refractivity contribution in [2.24, 2.45) is 5.92 Å². The van der Waals surface area contributed by atoms with E-state index in [-0.39, 0.29) is 5.97 Å². The van der Waals surface area contributed by atoms with Crippen molar-refractivity contribution in [2.45, 2.75) is 20.8 Å². The zero-order chi connectivity index (χ0) is 12.8. The van der Waals surface area contributed by atoms with Crippen LogP contribution < -0.4 is 10.5 Å². The molecule has 1 aromatic rings. The molecule has 0 aromatic heterocycles. The molecule has 94 valence electrons. The number of hydrogen-bond donors (Lipinski definition) is 1.